The van der Waals surface area contributed by atoms with Crippen molar-refractivity contribution in [1.29, 1.82) is 0 Å². The average Bonchev–Trinajstić information content (AvgIpc) is 2.15. The number of rotatable bonds is 4. The van der Waals surface area contributed by atoms with Gasteiger partial charge in [-0.3, -0.25) is 9.59 Å². The van der Waals surface area contributed by atoms with Crippen molar-refractivity contribution >= 4 is 11.9 Å². The molecular weight excluding hydrogens is 220 g/mol. The van der Waals surface area contributed by atoms with Gasteiger partial charge in [-0.2, -0.15) is 0 Å². The van der Waals surface area contributed by atoms with E-state index in [1.165, 1.54) is 6.92 Å². The highest BCUT2D eigenvalue weighted by Crippen LogP contribution is 2.20. The molecule has 2 N–H and O–H groups in total. The van der Waals surface area contributed by atoms with Gasteiger partial charge >= 0.3 is 5.97 Å². The molecule has 1 aliphatic rings. The standard InChI is InChI=1S/C12H22N2O3/c1-9(15)13-10-5-4-6-14(7-10)8-12(2,3)11(16)17/h10H,4-8H2,1-3H3,(H,13,15)(H,16,17). The number of carbonyl (C=O) groups is 2. The van der Waals surface area contributed by atoms with E-state index in [4.69, 9.17) is 5.11 Å². The fourth-order valence-electron chi connectivity index (χ4n) is 2.23. The van der Waals surface area contributed by atoms with Crippen molar-refractivity contribution in [3.8, 4) is 0 Å². The van der Waals surface area contributed by atoms with Gasteiger partial charge in [0, 0.05) is 26.1 Å². The van der Waals surface area contributed by atoms with E-state index in [9.17, 15) is 9.59 Å². The lowest BCUT2D eigenvalue weighted by Gasteiger charge is -2.36. The van der Waals surface area contributed by atoms with E-state index in [1.54, 1.807) is 13.8 Å². The first-order valence-electron chi connectivity index (χ1n) is 6.04. The summed E-state index contributed by atoms with van der Waals surface area (Å²) in [5, 5.41) is 12.0. The number of aliphatic carboxylic acids is 1. The highest BCUT2D eigenvalue weighted by molar-refractivity contribution is 5.74. The maximum absolute atomic E-state index is 11.1. The van der Waals surface area contributed by atoms with Gasteiger partial charge in [0.05, 0.1) is 5.41 Å². The predicted molar refractivity (Wildman–Crippen MR) is 64.7 cm³/mol. The summed E-state index contributed by atoms with van der Waals surface area (Å²) in [4.78, 5) is 24.2. The maximum atomic E-state index is 11.1. The van der Waals surface area contributed by atoms with Crippen LogP contribution in [-0.4, -0.2) is 47.6 Å². The molecular formula is C12H22N2O3. The van der Waals surface area contributed by atoms with Crippen LogP contribution in [0.15, 0.2) is 0 Å². The summed E-state index contributed by atoms with van der Waals surface area (Å²) in [7, 11) is 0. The van der Waals surface area contributed by atoms with Crippen molar-refractivity contribution in [2.45, 2.75) is 39.7 Å². The van der Waals surface area contributed by atoms with Crippen LogP contribution in [0.4, 0.5) is 0 Å². The van der Waals surface area contributed by atoms with Gasteiger partial charge in [-0.15, -0.1) is 0 Å². The molecule has 1 rings (SSSR count). The highest BCUT2D eigenvalue weighted by atomic mass is 16.4. The Morgan fingerprint density at radius 2 is 2.12 bits per heavy atom. The quantitative estimate of drug-likeness (QED) is 0.761. The first-order chi connectivity index (χ1) is 7.81. The Bertz CT molecular complexity index is 302. The molecule has 0 radical (unpaired) electrons. The van der Waals surface area contributed by atoms with Crippen LogP contribution in [0.3, 0.4) is 0 Å². The second-order valence-corrected chi connectivity index (χ2v) is 5.46. The zero-order valence-corrected chi connectivity index (χ0v) is 10.8. The van der Waals surface area contributed by atoms with E-state index >= 15 is 0 Å². The molecule has 0 aliphatic carbocycles. The van der Waals surface area contributed by atoms with Crippen LogP contribution in [-0.2, 0) is 9.59 Å². The van der Waals surface area contributed by atoms with E-state index in [1.807, 2.05) is 0 Å². The summed E-state index contributed by atoms with van der Waals surface area (Å²) in [6.07, 6.45) is 1.98. The molecule has 1 atom stereocenters. The molecule has 0 aromatic rings. The summed E-state index contributed by atoms with van der Waals surface area (Å²) in [5.41, 5.74) is -0.738. The van der Waals surface area contributed by atoms with E-state index in [0.717, 1.165) is 25.9 Å². The summed E-state index contributed by atoms with van der Waals surface area (Å²) in [5.74, 6) is -0.798. The number of likely N-dealkylation sites (tertiary alicyclic amines) is 1. The van der Waals surface area contributed by atoms with E-state index in [0.29, 0.717) is 6.54 Å². The number of nitrogens with one attached hydrogen (secondary N) is 1. The number of amides is 1. The Balaban J connectivity index is 2.50. The largest absolute Gasteiger partial charge is 0.481 e. The molecule has 0 saturated carbocycles. The SMILES string of the molecule is CC(=O)NC1CCCN(CC(C)(C)C(=O)O)C1. The predicted octanol–water partition coefficient (Wildman–Crippen LogP) is 0.698. The molecule has 1 unspecified atom stereocenters. The Labute approximate surface area is 102 Å². The number of piperidine rings is 1. The monoisotopic (exact) mass is 242 g/mol. The number of hydrogen-bond donors (Lipinski definition) is 2. The molecule has 1 amide bonds. The van der Waals surface area contributed by atoms with Crippen LogP contribution >= 0.6 is 0 Å². The van der Waals surface area contributed by atoms with Crippen LogP contribution in [0.2, 0.25) is 0 Å². The normalized spacial score (nSPS) is 22.2. The first kappa shape index (κ1) is 14.0. The number of hydrogen-bond acceptors (Lipinski definition) is 3. The molecule has 1 heterocycles. The summed E-state index contributed by atoms with van der Waals surface area (Å²) in [6, 6.07) is 0.158. The zero-order chi connectivity index (χ0) is 13.1. The van der Waals surface area contributed by atoms with Gasteiger partial charge in [-0.25, -0.2) is 0 Å². The van der Waals surface area contributed by atoms with Gasteiger partial charge < -0.3 is 15.3 Å². The molecule has 1 saturated heterocycles. The van der Waals surface area contributed by atoms with Crippen LogP contribution in [0.5, 0.6) is 0 Å². The molecule has 17 heavy (non-hydrogen) atoms. The van der Waals surface area contributed by atoms with Crippen molar-refractivity contribution in [2.75, 3.05) is 19.6 Å². The highest BCUT2D eigenvalue weighted by Gasteiger charge is 2.31. The van der Waals surface area contributed by atoms with E-state index in [-0.39, 0.29) is 11.9 Å². The van der Waals surface area contributed by atoms with Gasteiger partial charge in [-0.1, -0.05) is 0 Å². The zero-order valence-electron chi connectivity index (χ0n) is 10.8. The van der Waals surface area contributed by atoms with Gasteiger partial charge in [0.15, 0.2) is 0 Å². The second kappa shape index (κ2) is 5.49. The second-order valence-electron chi connectivity index (χ2n) is 5.46. The van der Waals surface area contributed by atoms with Crippen LogP contribution < -0.4 is 5.32 Å². The van der Waals surface area contributed by atoms with Crippen molar-refractivity contribution < 1.29 is 14.7 Å². The van der Waals surface area contributed by atoms with Crippen LogP contribution in [0.1, 0.15) is 33.6 Å². The third-order valence-corrected chi connectivity index (χ3v) is 3.11. The Morgan fingerprint density at radius 3 is 2.65 bits per heavy atom. The topological polar surface area (TPSA) is 69.6 Å². The maximum Gasteiger partial charge on any atom is 0.310 e. The number of carboxylic acid groups (broad SMARTS) is 1. The Hall–Kier alpha value is -1.10. The molecule has 0 spiro atoms. The number of carbonyl (C=O) groups excluding carboxylic acids is 1. The molecule has 0 aromatic carbocycles. The third-order valence-electron chi connectivity index (χ3n) is 3.11. The Morgan fingerprint density at radius 1 is 1.47 bits per heavy atom. The number of carboxylic acids is 1. The average molecular weight is 242 g/mol. The lowest BCUT2D eigenvalue weighted by molar-refractivity contribution is -0.148. The molecule has 1 fully saturated rings. The summed E-state index contributed by atoms with van der Waals surface area (Å²) in [6.45, 7) is 7.16. The van der Waals surface area contributed by atoms with Gasteiger partial charge in [0.25, 0.3) is 0 Å². The fourth-order valence-corrected chi connectivity index (χ4v) is 2.23. The van der Waals surface area contributed by atoms with Crippen molar-refractivity contribution in [3.05, 3.63) is 0 Å². The van der Waals surface area contributed by atoms with Crippen molar-refractivity contribution in [1.82, 2.24) is 10.2 Å². The summed E-state index contributed by atoms with van der Waals surface area (Å²) < 4.78 is 0. The molecule has 5 heteroatoms. The number of nitrogens with zero attached hydrogens (tertiary/aromatic N) is 1. The lowest BCUT2D eigenvalue weighted by Crippen LogP contribution is -2.50. The third kappa shape index (κ3) is 4.34. The first-order valence-corrected chi connectivity index (χ1v) is 6.04. The minimum Gasteiger partial charge on any atom is -0.481 e. The van der Waals surface area contributed by atoms with Crippen LogP contribution in [0.25, 0.3) is 0 Å². The minimum atomic E-state index is -0.779. The lowest BCUT2D eigenvalue weighted by atomic mass is 9.91. The molecule has 0 bridgehead atoms. The Kier molecular flexibility index (Phi) is 4.51. The fraction of sp³-hybridized carbons (Fsp3) is 0.833. The molecule has 98 valence electrons. The van der Waals surface area contributed by atoms with Gasteiger partial charge in [0.2, 0.25) is 5.91 Å². The minimum absolute atomic E-state index is 0.0191. The van der Waals surface area contributed by atoms with E-state index in [2.05, 4.69) is 10.2 Å². The van der Waals surface area contributed by atoms with Gasteiger partial charge in [0.1, 0.15) is 0 Å². The molecule has 5 nitrogen and oxygen atoms in total. The van der Waals surface area contributed by atoms with E-state index < -0.39 is 11.4 Å². The summed E-state index contributed by atoms with van der Waals surface area (Å²) >= 11 is 0. The smallest absolute Gasteiger partial charge is 0.310 e. The van der Waals surface area contributed by atoms with Crippen molar-refractivity contribution in [3.63, 3.8) is 0 Å². The van der Waals surface area contributed by atoms with Gasteiger partial charge in [-0.05, 0) is 33.2 Å². The van der Waals surface area contributed by atoms with Crippen molar-refractivity contribution in [2.24, 2.45) is 5.41 Å². The van der Waals surface area contributed by atoms with Crippen LogP contribution in [0, 0.1) is 5.41 Å². The molecule has 0 aromatic heterocycles. The molecule has 1 aliphatic heterocycles.